The molecule has 1 aromatic carbocycles. The fourth-order valence-corrected chi connectivity index (χ4v) is 2.62. The summed E-state index contributed by atoms with van der Waals surface area (Å²) in [5.41, 5.74) is -0.562. The second-order valence-corrected chi connectivity index (χ2v) is 5.29. The molecule has 0 saturated heterocycles. The van der Waals surface area contributed by atoms with Gasteiger partial charge in [0.1, 0.15) is 11.8 Å². The van der Waals surface area contributed by atoms with Crippen LogP contribution in [0.3, 0.4) is 0 Å². The minimum Gasteiger partial charge on any atom is -0.480 e. The van der Waals surface area contributed by atoms with E-state index in [1.807, 2.05) is 0 Å². The Labute approximate surface area is 125 Å². The number of carbonyl (C=O) groups excluding carboxylic acids is 2. The van der Waals surface area contributed by atoms with E-state index in [0.29, 0.717) is 19.3 Å². The van der Waals surface area contributed by atoms with Crippen LogP contribution >= 0.6 is 0 Å². The lowest BCUT2D eigenvalue weighted by atomic mass is 9.83. The summed E-state index contributed by atoms with van der Waals surface area (Å²) in [7, 11) is 0. The molecule has 2 atom stereocenters. The van der Waals surface area contributed by atoms with Crippen LogP contribution in [0, 0.1) is 17.6 Å². The van der Waals surface area contributed by atoms with Gasteiger partial charge in [0.25, 0.3) is 5.91 Å². The molecule has 0 aliphatic heterocycles. The zero-order chi connectivity index (χ0) is 16.3. The molecular formula is C15H15F2NO4. The van der Waals surface area contributed by atoms with Crippen LogP contribution in [0.25, 0.3) is 0 Å². The number of nitrogens with one attached hydrogen (secondary N) is 1. The van der Waals surface area contributed by atoms with Crippen molar-refractivity contribution < 1.29 is 28.3 Å². The maximum absolute atomic E-state index is 13.6. The number of hydrogen-bond donors (Lipinski definition) is 2. The van der Waals surface area contributed by atoms with Crippen molar-refractivity contribution >= 4 is 17.7 Å². The molecule has 2 N–H and O–H groups in total. The topological polar surface area (TPSA) is 83.5 Å². The fourth-order valence-electron chi connectivity index (χ4n) is 2.62. The monoisotopic (exact) mass is 311 g/mol. The fraction of sp³-hybridized carbons (Fsp3) is 0.400. The van der Waals surface area contributed by atoms with Crippen LogP contribution in [-0.4, -0.2) is 28.8 Å². The first kappa shape index (κ1) is 16.1. The number of Topliss-reactive ketones (excluding diaryl/α,β-unsaturated/α-hetero) is 1. The molecule has 0 aromatic heterocycles. The Bertz CT molecular complexity index is 618. The number of halogens is 2. The third kappa shape index (κ3) is 3.47. The number of hydrogen-bond acceptors (Lipinski definition) is 3. The summed E-state index contributed by atoms with van der Waals surface area (Å²) in [5.74, 6) is -5.43. The normalized spacial score (nSPS) is 19.5. The molecule has 0 heterocycles. The standard InChI is InChI=1S/C15H15F2NO4/c16-11-6-2-5-10(12(11)17)14(20)18-13(15(21)22)8-3-1-4-9(19)7-8/h2,5-6,8,13H,1,3-4,7H2,(H,18,20)(H,21,22)/t8-,13-/m0/s1. The number of rotatable bonds is 4. The molecular weight excluding hydrogens is 296 g/mol. The highest BCUT2D eigenvalue weighted by Crippen LogP contribution is 2.25. The van der Waals surface area contributed by atoms with Gasteiger partial charge in [-0.1, -0.05) is 6.07 Å². The van der Waals surface area contributed by atoms with Gasteiger partial charge in [-0.15, -0.1) is 0 Å². The molecule has 118 valence electrons. The predicted molar refractivity (Wildman–Crippen MR) is 72.2 cm³/mol. The molecule has 1 saturated carbocycles. The van der Waals surface area contributed by atoms with Gasteiger partial charge < -0.3 is 10.4 Å². The quantitative estimate of drug-likeness (QED) is 0.889. The van der Waals surface area contributed by atoms with E-state index in [1.165, 1.54) is 0 Å². The molecule has 7 heteroatoms. The average molecular weight is 311 g/mol. The minimum absolute atomic E-state index is 0.0584. The van der Waals surface area contributed by atoms with Crippen molar-refractivity contribution in [2.75, 3.05) is 0 Å². The van der Waals surface area contributed by atoms with Gasteiger partial charge in [0.2, 0.25) is 0 Å². The van der Waals surface area contributed by atoms with Gasteiger partial charge in [-0.2, -0.15) is 0 Å². The maximum Gasteiger partial charge on any atom is 0.326 e. The molecule has 0 radical (unpaired) electrons. The third-order valence-corrected chi connectivity index (χ3v) is 3.74. The number of carbonyl (C=O) groups is 3. The Morgan fingerprint density at radius 1 is 1.32 bits per heavy atom. The summed E-state index contributed by atoms with van der Waals surface area (Å²) < 4.78 is 26.7. The molecule has 22 heavy (non-hydrogen) atoms. The molecule has 5 nitrogen and oxygen atoms in total. The number of carboxylic acids is 1. The zero-order valence-electron chi connectivity index (χ0n) is 11.6. The third-order valence-electron chi connectivity index (χ3n) is 3.74. The van der Waals surface area contributed by atoms with Crippen molar-refractivity contribution in [1.82, 2.24) is 5.32 Å². The highest BCUT2D eigenvalue weighted by molar-refractivity contribution is 5.97. The predicted octanol–water partition coefficient (Wildman–Crippen LogP) is 1.91. The Morgan fingerprint density at radius 2 is 2.05 bits per heavy atom. The van der Waals surface area contributed by atoms with E-state index < -0.39 is 41.0 Å². The van der Waals surface area contributed by atoms with Crippen LogP contribution in [-0.2, 0) is 9.59 Å². The van der Waals surface area contributed by atoms with Gasteiger partial charge in [-0.25, -0.2) is 13.6 Å². The number of benzene rings is 1. The molecule has 1 aliphatic carbocycles. The van der Waals surface area contributed by atoms with Crippen molar-refractivity contribution in [3.05, 3.63) is 35.4 Å². The van der Waals surface area contributed by atoms with Crippen LogP contribution in [0.15, 0.2) is 18.2 Å². The summed E-state index contributed by atoms with van der Waals surface area (Å²) in [6, 6.07) is 1.78. The largest absolute Gasteiger partial charge is 0.480 e. The van der Waals surface area contributed by atoms with E-state index in [0.717, 1.165) is 18.2 Å². The lowest BCUT2D eigenvalue weighted by Crippen LogP contribution is -2.47. The Hall–Kier alpha value is -2.31. The van der Waals surface area contributed by atoms with Crippen LogP contribution in [0.4, 0.5) is 8.78 Å². The smallest absolute Gasteiger partial charge is 0.326 e. The number of aliphatic carboxylic acids is 1. The SMILES string of the molecule is O=C1CCC[C@H]([C@H](NC(=O)c2cccc(F)c2F)C(=O)O)C1. The average Bonchev–Trinajstić information content (AvgIpc) is 2.47. The van der Waals surface area contributed by atoms with Crippen molar-refractivity contribution in [3.63, 3.8) is 0 Å². The van der Waals surface area contributed by atoms with Crippen LogP contribution < -0.4 is 5.32 Å². The van der Waals surface area contributed by atoms with Crippen molar-refractivity contribution in [2.24, 2.45) is 5.92 Å². The minimum atomic E-state index is -1.33. The van der Waals surface area contributed by atoms with Gasteiger partial charge in [0.15, 0.2) is 11.6 Å². The second kappa shape index (κ2) is 6.64. The first-order chi connectivity index (χ1) is 10.4. The van der Waals surface area contributed by atoms with Gasteiger partial charge in [0.05, 0.1) is 5.56 Å². The summed E-state index contributed by atoms with van der Waals surface area (Å²) in [4.78, 5) is 34.8. The highest BCUT2D eigenvalue weighted by atomic mass is 19.2. The van der Waals surface area contributed by atoms with E-state index in [-0.39, 0.29) is 12.2 Å². The van der Waals surface area contributed by atoms with Crippen LogP contribution in [0.5, 0.6) is 0 Å². The Morgan fingerprint density at radius 3 is 2.68 bits per heavy atom. The van der Waals surface area contributed by atoms with Crippen LogP contribution in [0.2, 0.25) is 0 Å². The van der Waals surface area contributed by atoms with Gasteiger partial charge >= 0.3 is 5.97 Å². The van der Waals surface area contributed by atoms with Gasteiger partial charge in [-0.3, -0.25) is 9.59 Å². The number of amides is 1. The molecule has 1 amide bonds. The van der Waals surface area contributed by atoms with Gasteiger partial charge in [-0.05, 0) is 30.9 Å². The number of ketones is 1. The second-order valence-electron chi connectivity index (χ2n) is 5.29. The van der Waals surface area contributed by atoms with E-state index in [2.05, 4.69) is 5.32 Å². The highest BCUT2D eigenvalue weighted by Gasteiger charge is 2.34. The molecule has 1 aromatic rings. The molecule has 0 unspecified atom stereocenters. The zero-order valence-corrected chi connectivity index (χ0v) is 11.6. The molecule has 0 spiro atoms. The summed E-state index contributed by atoms with van der Waals surface area (Å²) >= 11 is 0. The molecule has 2 rings (SSSR count). The maximum atomic E-state index is 13.6. The first-order valence-corrected chi connectivity index (χ1v) is 6.89. The number of carboxylic acid groups (broad SMARTS) is 1. The van der Waals surface area contributed by atoms with Crippen molar-refractivity contribution in [1.29, 1.82) is 0 Å². The summed E-state index contributed by atoms with van der Waals surface area (Å²) in [6.45, 7) is 0. The Balaban J connectivity index is 2.17. The van der Waals surface area contributed by atoms with Gasteiger partial charge in [0, 0.05) is 12.8 Å². The van der Waals surface area contributed by atoms with E-state index in [9.17, 15) is 28.3 Å². The van der Waals surface area contributed by atoms with Crippen LogP contribution in [0.1, 0.15) is 36.0 Å². The lowest BCUT2D eigenvalue weighted by Gasteiger charge is -2.27. The van der Waals surface area contributed by atoms with E-state index >= 15 is 0 Å². The van der Waals surface area contributed by atoms with Crippen molar-refractivity contribution in [3.8, 4) is 0 Å². The van der Waals surface area contributed by atoms with E-state index in [1.54, 1.807) is 0 Å². The molecule has 1 aliphatic rings. The first-order valence-electron chi connectivity index (χ1n) is 6.89. The van der Waals surface area contributed by atoms with Crippen molar-refractivity contribution in [2.45, 2.75) is 31.7 Å². The Kier molecular flexibility index (Phi) is 4.85. The summed E-state index contributed by atoms with van der Waals surface area (Å²) in [5, 5.41) is 11.4. The molecule has 0 bridgehead atoms. The van der Waals surface area contributed by atoms with E-state index in [4.69, 9.17) is 0 Å². The lowest BCUT2D eigenvalue weighted by molar-refractivity contribution is -0.141. The molecule has 1 fully saturated rings. The summed E-state index contributed by atoms with van der Waals surface area (Å²) in [6.07, 6.45) is 1.49.